The molecule has 3 rings (SSSR count). The molecule has 9 heteroatoms. The number of nitrogens with zero attached hydrogens (tertiary/aromatic N) is 1. The molecule has 1 N–H and O–H groups in total. The Morgan fingerprint density at radius 1 is 1.20 bits per heavy atom. The molecule has 1 aromatic carbocycles. The molecule has 0 radical (unpaired) electrons. The van der Waals surface area contributed by atoms with Crippen molar-refractivity contribution >= 4 is 33.7 Å². The number of benzene rings is 1. The van der Waals surface area contributed by atoms with E-state index in [2.05, 4.69) is 21.2 Å². The van der Waals surface area contributed by atoms with E-state index in [1.807, 2.05) is 0 Å². The topological polar surface area (TPSA) is 66.5 Å². The molecule has 0 aromatic heterocycles. The number of carbonyl (C=O) groups excluding carboxylic acids is 3. The molecule has 5 nitrogen and oxygen atoms in total. The predicted octanol–water partition coefficient (Wildman–Crippen LogP) is 3.27. The molecular weight excluding hydrogens is 405 g/mol. The van der Waals surface area contributed by atoms with Gasteiger partial charge in [-0.25, -0.2) is 18.0 Å². The van der Waals surface area contributed by atoms with Crippen LogP contribution >= 0.6 is 15.9 Å². The van der Waals surface area contributed by atoms with Crippen LogP contribution in [-0.2, 0) is 4.79 Å². The van der Waals surface area contributed by atoms with Crippen molar-refractivity contribution in [3.8, 4) is 0 Å². The van der Waals surface area contributed by atoms with Gasteiger partial charge in [0.2, 0.25) is 5.92 Å². The molecule has 0 unspecified atom stereocenters. The molecule has 1 saturated carbocycles. The molecule has 134 valence electrons. The van der Waals surface area contributed by atoms with Crippen molar-refractivity contribution in [3.05, 3.63) is 34.1 Å². The average molecular weight is 419 g/mol. The number of imide groups is 1. The number of amides is 3. The van der Waals surface area contributed by atoms with Gasteiger partial charge in [-0.2, -0.15) is 0 Å². The first-order valence-electron chi connectivity index (χ1n) is 7.64. The van der Waals surface area contributed by atoms with Crippen LogP contribution in [0.15, 0.2) is 22.7 Å². The number of rotatable bonds is 3. The van der Waals surface area contributed by atoms with Crippen LogP contribution in [0.4, 0.5) is 18.0 Å². The summed E-state index contributed by atoms with van der Waals surface area (Å²) < 4.78 is 40.4. The van der Waals surface area contributed by atoms with E-state index in [1.165, 1.54) is 12.1 Å². The van der Waals surface area contributed by atoms with Crippen LogP contribution in [-0.4, -0.2) is 40.6 Å². The van der Waals surface area contributed by atoms with Gasteiger partial charge in [0.1, 0.15) is 11.4 Å². The van der Waals surface area contributed by atoms with Gasteiger partial charge in [-0.05, 0) is 40.9 Å². The van der Waals surface area contributed by atoms with Crippen molar-refractivity contribution in [2.45, 2.75) is 37.1 Å². The number of Topliss-reactive ketones (excluding diaryl/α,β-unsaturated/α-hetero) is 1. The molecule has 2 fully saturated rings. The van der Waals surface area contributed by atoms with Crippen molar-refractivity contribution < 1.29 is 27.6 Å². The Kier molecular flexibility index (Phi) is 4.38. The highest BCUT2D eigenvalue weighted by Gasteiger charge is 2.55. The summed E-state index contributed by atoms with van der Waals surface area (Å²) in [7, 11) is 0. The fourth-order valence-electron chi connectivity index (χ4n) is 3.11. The van der Waals surface area contributed by atoms with E-state index >= 15 is 0 Å². The Morgan fingerprint density at radius 2 is 1.84 bits per heavy atom. The number of carbonyl (C=O) groups is 3. The van der Waals surface area contributed by atoms with E-state index in [9.17, 15) is 27.6 Å². The van der Waals surface area contributed by atoms with Gasteiger partial charge in [0.05, 0.1) is 11.0 Å². The Bertz CT molecular complexity index is 759. The molecule has 1 aliphatic heterocycles. The van der Waals surface area contributed by atoms with Crippen molar-refractivity contribution in [2.75, 3.05) is 6.54 Å². The third-order valence-corrected chi connectivity index (χ3v) is 5.27. The molecule has 1 aromatic rings. The minimum Gasteiger partial charge on any atom is -0.323 e. The Balaban J connectivity index is 1.75. The number of urea groups is 1. The monoisotopic (exact) mass is 418 g/mol. The maximum absolute atomic E-state index is 13.5. The summed E-state index contributed by atoms with van der Waals surface area (Å²) in [5.41, 5.74) is -1.36. The molecule has 1 aliphatic carbocycles. The van der Waals surface area contributed by atoms with Crippen LogP contribution in [0.2, 0.25) is 0 Å². The summed E-state index contributed by atoms with van der Waals surface area (Å²) in [5.74, 6) is -4.80. The zero-order chi connectivity index (χ0) is 18.4. The summed E-state index contributed by atoms with van der Waals surface area (Å²) in [4.78, 5) is 37.6. The van der Waals surface area contributed by atoms with Crippen molar-refractivity contribution in [1.29, 1.82) is 0 Å². The Hall–Kier alpha value is -1.90. The summed E-state index contributed by atoms with van der Waals surface area (Å²) in [5, 5.41) is 2.45. The second-order valence-electron chi connectivity index (χ2n) is 6.31. The molecule has 0 bridgehead atoms. The van der Waals surface area contributed by atoms with Crippen LogP contribution in [0.3, 0.4) is 0 Å². The van der Waals surface area contributed by atoms with E-state index in [-0.39, 0.29) is 22.9 Å². The van der Waals surface area contributed by atoms with Crippen LogP contribution in [0.5, 0.6) is 0 Å². The number of hydrogen-bond donors (Lipinski definition) is 1. The van der Waals surface area contributed by atoms with Crippen LogP contribution in [0.1, 0.15) is 36.0 Å². The first kappa shape index (κ1) is 17.9. The average Bonchev–Trinajstić information content (AvgIpc) is 2.78. The smallest absolute Gasteiger partial charge is 0.323 e. The maximum atomic E-state index is 13.5. The third-order valence-electron chi connectivity index (χ3n) is 4.62. The number of nitrogens with one attached hydrogen (secondary N) is 1. The Morgan fingerprint density at radius 3 is 2.44 bits per heavy atom. The van der Waals surface area contributed by atoms with Crippen molar-refractivity contribution in [1.82, 2.24) is 10.2 Å². The van der Waals surface area contributed by atoms with Crippen molar-refractivity contribution in [2.24, 2.45) is 0 Å². The fourth-order valence-corrected chi connectivity index (χ4v) is 3.35. The minimum absolute atomic E-state index is 0.0115. The largest absolute Gasteiger partial charge is 0.325 e. The standard InChI is InChI=1S/C16H14BrF3N2O3/c17-10-2-1-9(7-11(10)18)12(23)8-22-13(24)15(21-14(22)25)3-5-16(19,20)6-4-15/h1-2,7H,3-6,8H2,(H,21,25). The summed E-state index contributed by atoms with van der Waals surface area (Å²) >= 11 is 2.97. The van der Waals surface area contributed by atoms with Gasteiger partial charge in [-0.3, -0.25) is 14.5 Å². The zero-order valence-electron chi connectivity index (χ0n) is 13.0. The summed E-state index contributed by atoms with van der Waals surface area (Å²) in [6.45, 7) is -0.566. The number of alkyl halides is 2. The molecule has 1 spiro atoms. The lowest BCUT2D eigenvalue weighted by atomic mass is 9.80. The Labute approximate surface area is 149 Å². The van der Waals surface area contributed by atoms with E-state index in [0.717, 1.165) is 6.07 Å². The van der Waals surface area contributed by atoms with Crippen LogP contribution < -0.4 is 5.32 Å². The normalized spacial score (nSPS) is 21.5. The first-order chi connectivity index (χ1) is 11.6. The summed E-state index contributed by atoms with van der Waals surface area (Å²) in [6, 6.07) is 2.92. The molecule has 1 heterocycles. The van der Waals surface area contributed by atoms with Gasteiger partial charge < -0.3 is 5.32 Å². The lowest BCUT2D eigenvalue weighted by Crippen LogP contribution is -2.51. The predicted molar refractivity (Wildman–Crippen MR) is 84.8 cm³/mol. The van der Waals surface area contributed by atoms with E-state index < -0.39 is 54.4 Å². The molecular formula is C16H14BrF3N2O3. The van der Waals surface area contributed by atoms with Gasteiger partial charge in [0.25, 0.3) is 5.91 Å². The van der Waals surface area contributed by atoms with E-state index in [4.69, 9.17) is 0 Å². The fraction of sp³-hybridized carbons (Fsp3) is 0.438. The van der Waals surface area contributed by atoms with Crippen molar-refractivity contribution in [3.63, 3.8) is 0 Å². The second kappa shape index (κ2) is 6.12. The molecule has 0 atom stereocenters. The third kappa shape index (κ3) is 3.29. The van der Waals surface area contributed by atoms with Gasteiger partial charge in [0.15, 0.2) is 5.78 Å². The van der Waals surface area contributed by atoms with Gasteiger partial charge in [-0.15, -0.1) is 0 Å². The lowest BCUT2D eigenvalue weighted by molar-refractivity contribution is -0.135. The molecule has 1 saturated heterocycles. The van der Waals surface area contributed by atoms with E-state index in [1.54, 1.807) is 0 Å². The minimum atomic E-state index is -2.85. The highest BCUT2D eigenvalue weighted by Crippen LogP contribution is 2.41. The molecule has 3 amide bonds. The maximum Gasteiger partial charge on any atom is 0.325 e. The lowest BCUT2D eigenvalue weighted by Gasteiger charge is -2.34. The van der Waals surface area contributed by atoms with Crippen LogP contribution in [0, 0.1) is 5.82 Å². The van der Waals surface area contributed by atoms with Gasteiger partial charge in [0, 0.05) is 18.4 Å². The van der Waals surface area contributed by atoms with Gasteiger partial charge >= 0.3 is 6.03 Å². The SMILES string of the molecule is O=C(CN1C(=O)NC2(CCC(F)(F)CC2)C1=O)c1ccc(Br)c(F)c1. The first-order valence-corrected chi connectivity index (χ1v) is 8.43. The van der Waals surface area contributed by atoms with Gasteiger partial charge in [-0.1, -0.05) is 6.07 Å². The quantitative estimate of drug-likeness (QED) is 0.604. The number of hydrogen-bond acceptors (Lipinski definition) is 3. The van der Waals surface area contributed by atoms with E-state index in [0.29, 0.717) is 4.90 Å². The molecule has 2 aliphatic rings. The highest BCUT2D eigenvalue weighted by atomic mass is 79.9. The number of ketones is 1. The second-order valence-corrected chi connectivity index (χ2v) is 7.17. The summed E-state index contributed by atoms with van der Waals surface area (Å²) in [6.07, 6.45) is -1.36. The molecule has 25 heavy (non-hydrogen) atoms. The highest BCUT2D eigenvalue weighted by molar-refractivity contribution is 9.10. The van der Waals surface area contributed by atoms with Crippen LogP contribution in [0.25, 0.3) is 0 Å². The number of halogens is 4. The zero-order valence-corrected chi connectivity index (χ0v) is 14.5.